The highest BCUT2D eigenvalue weighted by Crippen LogP contribution is 2.32. The van der Waals surface area contributed by atoms with Crippen LogP contribution in [0, 0.1) is 0 Å². The Morgan fingerprint density at radius 2 is 2.00 bits per heavy atom. The van der Waals surface area contributed by atoms with Crippen LogP contribution in [0.5, 0.6) is 0 Å². The number of hydrogen-bond acceptors (Lipinski definition) is 5. The van der Waals surface area contributed by atoms with E-state index in [1.807, 2.05) is 0 Å². The number of esters is 1. The maximum Gasteiger partial charge on any atom is 0.343 e. The second kappa shape index (κ2) is 5.86. The van der Waals surface area contributed by atoms with Gasteiger partial charge in [-0.2, -0.15) is 0 Å². The molecule has 1 aromatic heterocycles. The quantitative estimate of drug-likeness (QED) is 0.881. The predicted octanol–water partition coefficient (Wildman–Crippen LogP) is 3.31. The number of carbonyl (C=O) groups is 1. The largest absolute Gasteiger partial charge is 0.465 e. The molecule has 0 amide bonds. The second-order valence-corrected chi connectivity index (χ2v) is 4.31. The first-order valence-corrected chi connectivity index (χ1v) is 5.98. The molecular formula is C12H9Cl2N3O2. The van der Waals surface area contributed by atoms with Crippen LogP contribution in [-0.2, 0) is 4.74 Å². The van der Waals surface area contributed by atoms with E-state index in [1.54, 1.807) is 18.2 Å². The van der Waals surface area contributed by atoms with Crippen LogP contribution >= 0.6 is 23.2 Å². The highest BCUT2D eigenvalue weighted by Gasteiger charge is 2.15. The van der Waals surface area contributed by atoms with Crippen molar-refractivity contribution in [3.05, 3.63) is 46.3 Å². The molecule has 0 unspecified atom stereocenters. The van der Waals surface area contributed by atoms with Gasteiger partial charge in [0.2, 0.25) is 0 Å². The molecule has 0 radical (unpaired) electrons. The Hall–Kier alpha value is -1.85. The highest BCUT2D eigenvalue weighted by atomic mass is 35.5. The summed E-state index contributed by atoms with van der Waals surface area (Å²) in [5.41, 5.74) is 0.663. The minimum Gasteiger partial charge on any atom is -0.465 e. The van der Waals surface area contributed by atoms with Gasteiger partial charge in [-0.15, -0.1) is 0 Å². The average molecular weight is 298 g/mol. The van der Waals surface area contributed by atoms with Crippen molar-refractivity contribution in [2.75, 3.05) is 12.4 Å². The molecule has 0 fully saturated rings. The van der Waals surface area contributed by atoms with E-state index in [2.05, 4.69) is 20.0 Å². The number of halogens is 2. The molecule has 0 atom stereocenters. The van der Waals surface area contributed by atoms with Crippen LogP contribution in [0.3, 0.4) is 0 Å². The summed E-state index contributed by atoms with van der Waals surface area (Å²) in [5.74, 6) is -0.275. The van der Waals surface area contributed by atoms with E-state index in [0.717, 1.165) is 0 Å². The molecule has 0 saturated carbocycles. The lowest BCUT2D eigenvalue weighted by Gasteiger charge is -2.11. The Balaban J connectivity index is 2.42. The van der Waals surface area contributed by atoms with Crippen LogP contribution < -0.4 is 5.32 Å². The number of nitrogens with zero attached hydrogens (tertiary/aromatic N) is 2. The number of hydrogen-bond donors (Lipinski definition) is 1. The SMILES string of the molecule is COC(=O)c1cncnc1Nc1c(Cl)cccc1Cl. The van der Waals surface area contributed by atoms with Crippen molar-refractivity contribution in [3.8, 4) is 0 Å². The Bertz CT molecular complexity index is 599. The number of methoxy groups -OCH3 is 1. The molecule has 0 bridgehead atoms. The first-order valence-electron chi connectivity index (χ1n) is 5.23. The summed E-state index contributed by atoms with van der Waals surface area (Å²) in [4.78, 5) is 19.4. The summed E-state index contributed by atoms with van der Waals surface area (Å²) in [6.07, 6.45) is 2.66. The third kappa shape index (κ3) is 2.94. The summed E-state index contributed by atoms with van der Waals surface area (Å²) < 4.78 is 4.65. The second-order valence-electron chi connectivity index (χ2n) is 3.50. The van der Waals surface area contributed by atoms with Gasteiger partial charge in [-0.1, -0.05) is 29.3 Å². The molecule has 7 heteroatoms. The fourth-order valence-electron chi connectivity index (χ4n) is 1.42. The van der Waals surface area contributed by atoms with E-state index in [1.165, 1.54) is 19.6 Å². The lowest BCUT2D eigenvalue weighted by Crippen LogP contribution is -2.08. The Morgan fingerprint density at radius 3 is 2.63 bits per heavy atom. The first kappa shape index (κ1) is 13.6. The fraction of sp³-hybridized carbons (Fsp3) is 0.0833. The molecule has 2 rings (SSSR count). The summed E-state index contributed by atoms with van der Waals surface area (Å²) in [6.45, 7) is 0. The zero-order valence-electron chi connectivity index (χ0n) is 9.85. The molecule has 0 aliphatic heterocycles. The molecule has 1 aromatic carbocycles. The van der Waals surface area contributed by atoms with E-state index in [0.29, 0.717) is 15.7 Å². The zero-order valence-corrected chi connectivity index (χ0v) is 11.4. The monoisotopic (exact) mass is 297 g/mol. The van der Waals surface area contributed by atoms with Gasteiger partial charge in [0.15, 0.2) is 0 Å². The molecule has 0 saturated heterocycles. The fourth-order valence-corrected chi connectivity index (χ4v) is 1.92. The van der Waals surface area contributed by atoms with Gasteiger partial charge >= 0.3 is 5.97 Å². The highest BCUT2D eigenvalue weighted by molar-refractivity contribution is 6.39. The number of nitrogens with one attached hydrogen (secondary N) is 1. The van der Waals surface area contributed by atoms with Crippen LogP contribution in [-0.4, -0.2) is 23.0 Å². The van der Waals surface area contributed by atoms with Crippen molar-refractivity contribution >= 4 is 40.7 Å². The van der Waals surface area contributed by atoms with Crippen molar-refractivity contribution < 1.29 is 9.53 Å². The first-order chi connectivity index (χ1) is 9.13. The lowest BCUT2D eigenvalue weighted by atomic mass is 10.2. The van der Waals surface area contributed by atoms with Gasteiger partial charge in [0, 0.05) is 6.20 Å². The Morgan fingerprint density at radius 1 is 1.32 bits per heavy atom. The molecule has 98 valence electrons. The van der Waals surface area contributed by atoms with Crippen molar-refractivity contribution in [1.29, 1.82) is 0 Å². The van der Waals surface area contributed by atoms with Crippen LogP contribution in [0.15, 0.2) is 30.7 Å². The Labute approximate surface area is 119 Å². The molecule has 0 aliphatic rings. The molecule has 0 spiro atoms. The molecular weight excluding hydrogens is 289 g/mol. The van der Waals surface area contributed by atoms with Gasteiger partial charge in [-0.05, 0) is 12.1 Å². The number of rotatable bonds is 3. The standard InChI is InChI=1S/C12H9Cl2N3O2/c1-19-12(18)7-5-15-6-16-11(7)17-10-8(13)3-2-4-9(10)14/h2-6H,1H3,(H,15,16,17). The summed E-state index contributed by atoms with van der Waals surface area (Å²) in [6, 6.07) is 5.07. The van der Waals surface area contributed by atoms with E-state index in [9.17, 15) is 4.79 Å². The number of aromatic nitrogens is 2. The minimum absolute atomic E-state index is 0.195. The van der Waals surface area contributed by atoms with Crippen LogP contribution in [0.2, 0.25) is 10.0 Å². The van der Waals surface area contributed by atoms with Gasteiger partial charge in [0.05, 0.1) is 22.8 Å². The predicted molar refractivity (Wildman–Crippen MR) is 73.1 cm³/mol. The number of anilines is 2. The van der Waals surface area contributed by atoms with E-state index >= 15 is 0 Å². The van der Waals surface area contributed by atoms with Crippen molar-refractivity contribution in [2.45, 2.75) is 0 Å². The van der Waals surface area contributed by atoms with Gasteiger partial charge in [0.1, 0.15) is 17.7 Å². The van der Waals surface area contributed by atoms with E-state index in [-0.39, 0.29) is 11.4 Å². The van der Waals surface area contributed by atoms with Gasteiger partial charge in [0.25, 0.3) is 0 Å². The van der Waals surface area contributed by atoms with E-state index in [4.69, 9.17) is 23.2 Å². The van der Waals surface area contributed by atoms with Gasteiger partial charge in [-0.3, -0.25) is 0 Å². The van der Waals surface area contributed by atoms with Gasteiger partial charge in [-0.25, -0.2) is 14.8 Å². The maximum atomic E-state index is 11.6. The average Bonchev–Trinajstić information content (AvgIpc) is 2.42. The number of para-hydroxylation sites is 1. The third-order valence-corrected chi connectivity index (χ3v) is 2.95. The van der Waals surface area contributed by atoms with Crippen molar-refractivity contribution in [3.63, 3.8) is 0 Å². The molecule has 2 aromatic rings. The van der Waals surface area contributed by atoms with Crippen molar-refractivity contribution in [2.24, 2.45) is 0 Å². The smallest absolute Gasteiger partial charge is 0.343 e. The molecule has 19 heavy (non-hydrogen) atoms. The molecule has 1 N–H and O–H groups in total. The molecule has 0 aliphatic carbocycles. The summed E-state index contributed by atoms with van der Waals surface area (Å²) in [5, 5.41) is 3.75. The normalized spacial score (nSPS) is 10.1. The number of carbonyl (C=O) groups excluding carboxylic acids is 1. The zero-order chi connectivity index (χ0) is 13.8. The van der Waals surface area contributed by atoms with Crippen LogP contribution in [0.1, 0.15) is 10.4 Å². The van der Waals surface area contributed by atoms with Gasteiger partial charge < -0.3 is 10.1 Å². The van der Waals surface area contributed by atoms with Crippen molar-refractivity contribution in [1.82, 2.24) is 9.97 Å². The number of ether oxygens (including phenoxy) is 1. The summed E-state index contributed by atoms with van der Waals surface area (Å²) >= 11 is 12.1. The van der Waals surface area contributed by atoms with Crippen LogP contribution in [0.4, 0.5) is 11.5 Å². The Kier molecular flexibility index (Phi) is 4.19. The van der Waals surface area contributed by atoms with Crippen LogP contribution in [0.25, 0.3) is 0 Å². The number of benzene rings is 1. The molecule has 1 heterocycles. The third-order valence-electron chi connectivity index (χ3n) is 2.32. The summed E-state index contributed by atoms with van der Waals surface area (Å²) in [7, 11) is 1.28. The maximum absolute atomic E-state index is 11.6. The van der Waals surface area contributed by atoms with E-state index < -0.39 is 5.97 Å². The topological polar surface area (TPSA) is 64.1 Å². The lowest BCUT2D eigenvalue weighted by molar-refractivity contribution is 0.0601. The minimum atomic E-state index is -0.550. The molecule has 5 nitrogen and oxygen atoms in total.